The number of benzene rings is 1. The number of amides is 1. The maximum absolute atomic E-state index is 12.2. The second-order valence-corrected chi connectivity index (χ2v) is 5.05. The molecule has 1 aliphatic rings. The van der Waals surface area contributed by atoms with Crippen LogP contribution >= 0.6 is 0 Å². The summed E-state index contributed by atoms with van der Waals surface area (Å²) in [5.41, 5.74) is 1.74. The Morgan fingerprint density at radius 2 is 2.30 bits per heavy atom. The van der Waals surface area contributed by atoms with E-state index in [4.69, 9.17) is 5.11 Å². The Balaban J connectivity index is 1.76. The number of carboxylic acids is 1. The highest BCUT2D eigenvalue weighted by molar-refractivity contribution is 5.86. The minimum Gasteiger partial charge on any atom is -0.480 e. The summed E-state index contributed by atoms with van der Waals surface area (Å²) in [7, 11) is 0. The quantitative estimate of drug-likeness (QED) is 0.879. The fraction of sp³-hybridized carbons (Fsp3) is 0.357. The monoisotopic (exact) mass is 273 g/mol. The number of aromatic nitrogens is 2. The molecule has 20 heavy (non-hydrogen) atoms. The summed E-state index contributed by atoms with van der Waals surface area (Å²) < 4.78 is 0. The zero-order valence-electron chi connectivity index (χ0n) is 10.9. The minimum atomic E-state index is -0.917. The van der Waals surface area contributed by atoms with E-state index in [1.807, 2.05) is 18.2 Å². The van der Waals surface area contributed by atoms with Crippen LogP contribution in [0.15, 0.2) is 24.4 Å². The number of hydrogen-bond donors (Lipinski definition) is 2. The molecule has 104 valence electrons. The molecule has 0 saturated carbocycles. The molecule has 2 aromatic rings. The van der Waals surface area contributed by atoms with E-state index >= 15 is 0 Å². The third-order valence-electron chi connectivity index (χ3n) is 3.72. The maximum Gasteiger partial charge on any atom is 0.326 e. The summed E-state index contributed by atoms with van der Waals surface area (Å²) >= 11 is 0. The topological polar surface area (TPSA) is 86.3 Å². The lowest BCUT2D eigenvalue weighted by atomic mass is 10.1. The minimum absolute atomic E-state index is 0.131. The standard InChI is InChI=1S/C14H15N3O3/c18-13(17-5-1-2-12(17)14(19)20)7-9-3-4-10-8-15-16-11(10)6-9/h3-4,6,8,12H,1-2,5,7H2,(H,15,16)(H,19,20)/t12-/m1/s1. The van der Waals surface area contributed by atoms with E-state index < -0.39 is 12.0 Å². The molecule has 1 aromatic carbocycles. The summed E-state index contributed by atoms with van der Waals surface area (Å²) in [5, 5.41) is 16.9. The first-order valence-electron chi connectivity index (χ1n) is 6.59. The molecule has 0 unspecified atom stereocenters. The maximum atomic E-state index is 12.2. The number of nitrogens with one attached hydrogen (secondary N) is 1. The Labute approximate surface area is 115 Å². The lowest BCUT2D eigenvalue weighted by Crippen LogP contribution is -2.41. The second kappa shape index (κ2) is 4.96. The molecule has 0 bridgehead atoms. The molecule has 6 nitrogen and oxygen atoms in total. The van der Waals surface area contributed by atoms with Crippen molar-refractivity contribution >= 4 is 22.8 Å². The number of carbonyl (C=O) groups is 2. The van der Waals surface area contributed by atoms with Crippen molar-refractivity contribution in [3.8, 4) is 0 Å². The first-order chi connectivity index (χ1) is 9.65. The number of carbonyl (C=O) groups excluding carboxylic acids is 1. The number of aliphatic carboxylic acids is 1. The number of rotatable bonds is 3. The molecule has 1 aromatic heterocycles. The van der Waals surface area contributed by atoms with Gasteiger partial charge in [-0.05, 0) is 24.5 Å². The van der Waals surface area contributed by atoms with Gasteiger partial charge < -0.3 is 10.0 Å². The van der Waals surface area contributed by atoms with Gasteiger partial charge in [-0.25, -0.2) is 4.79 Å². The number of hydrogen-bond acceptors (Lipinski definition) is 3. The van der Waals surface area contributed by atoms with Crippen molar-refractivity contribution in [1.29, 1.82) is 0 Å². The molecule has 0 aliphatic carbocycles. The number of likely N-dealkylation sites (tertiary alicyclic amines) is 1. The van der Waals surface area contributed by atoms with Gasteiger partial charge >= 0.3 is 5.97 Å². The molecule has 0 radical (unpaired) electrons. The van der Waals surface area contributed by atoms with Gasteiger partial charge in [-0.2, -0.15) is 5.10 Å². The summed E-state index contributed by atoms with van der Waals surface area (Å²) in [5.74, 6) is -1.05. The first-order valence-corrected chi connectivity index (χ1v) is 6.59. The molecule has 1 amide bonds. The summed E-state index contributed by atoms with van der Waals surface area (Å²) in [6, 6.07) is 4.99. The van der Waals surface area contributed by atoms with Crippen molar-refractivity contribution in [3.05, 3.63) is 30.0 Å². The Bertz CT molecular complexity index is 664. The molecule has 3 rings (SSSR count). The fourth-order valence-electron chi connectivity index (χ4n) is 2.69. The molecule has 6 heteroatoms. The largest absolute Gasteiger partial charge is 0.480 e. The Kier molecular flexibility index (Phi) is 3.14. The van der Waals surface area contributed by atoms with E-state index in [-0.39, 0.29) is 12.3 Å². The van der Waals surface area contributed by atoms with Crippen molar-refractivity contribution < 1.29 is 14.7 Å². The fourth-order valence-corrected chi connectivity index (χ4v) is 2.69. The summed E-state index contributed by atoms with van der Waals surface area (Å²) in [6.07, 6.45) is 3.24. The third-order valence-corrected chi connectivity index (χ3v) is 3.72. The van der Waals surface area contributed by atoms with Crippen LogP contribution in [0.25, 0.3) is 10.9 Å². The Morgan fingerprint density at radius 1 is 1.45 bits per heavy atom. The summed E-state index contributed by atoms with van der Waals surface area (Å²) in [6.45, 7) is 0.530. The van der Waals surface area contributed by atoms with Gasteiger partial charge in [-0.15, -0.1) is 0 Å². The van der Waals surface area contributed by atoms with Crippen molar-refractivity contribution in [2.24, 2.45) is 0 Å². The highest BCUT2D eigenvalue weighted by Crippen LogP contribution is 2.20. The molecule has 2 heterocycles. The molecule has 2 N–H and O–H groups in total. The van der Waals surface area contributed by atoms with Crippen LogP contribution in [0.5, 0.6) is 0 Å². The molecule has 1 saturated heterocycles. The number of fused-ring (bicyclic) bond motifs is 1. The van der Waals surface area contributed by atoms with E-state index in [9.17, 15) is 9.59 Å². The number of aromatic amines is 1. The van der Waals surface area contributed by atoms with E-state index in [1.165, 1.54) is 4.90 Å². The molecule has 1 fully saturated rings. The molecule has 0 spiro atoms. The van der Waals surface area contributed by atoms with E-state index in [1.54, 1.807) is 6.20 Å². The highest BCUT2D eigenvalue weighted by Gasteiger charge is 2.33. The van der Waals surface area contributed by atoms with E-state index in [0.29, 0.717) is 13.0 Å². The van der Waals surface area contributed by atoms with Gasteiger partial charge in [0.15, 0.2) is 0 Å². The van der Waals surface area contributed by atoms with Gasteiger partial charge in [-0.1, -0.05) is 12.1 Å². The van der Waals surface area contributed by atoms with Gasteiger partial charge in [0.05, 0.1) is 18.1 Å². The van der Waals surface area contributed by atoms with Crippen LogP contribution in [0.3, 0.4) is 0 Å². The van der Waals surface area contributed by atoms with Crippen molar-refractivity contribution in [3.63, 3.8) is 0 Å². The number of nitrogens with zero attached hydrogens (tertiary/aromatic N) is 2. The van der Waals surface area contributed by atoms with Crippen LogP contribution in [0.4, 0.5) is 0 Å². The normalized spacial score (nSPS) is 18.6. The first kappa shape index (κ1) is 12.7. The second-order valence-electron chi connectivity index (χ2n) is 5.05. The average Bonchev–Trinajstić information content (AvgIpc) is 3.06. The van der Waals surface area contributed by atoms with Crippen LogP contribution in [-0.2, 0) is 16.0 Å². The summed E-state index contributed by atoms with van der Waals surface area (Å²) in [4.78, 5) is 24.8. The van der Waals surface area contributed by atoms with Crippen molar-refractivity contribution in [2.75, 3.05) is 6.54 Å². The van der Waals surface area contributed by atoms with Crippen molar-refractivity contribution in [2.45, 2.75) is 25.3 Å². The SMILES string of the molecule is O=C(O)[C@H]1CCCN1C(=O)Cc1ccc2cn[nH]c2c1. The van der Waals surface area contributed by atoms with Gasteiger partial charge in [0.25, 0.3) is 0 Å². The molecule has 1 atom stereocenters. The van der Waals surface area contributed by atoms with Gasteiger partial charge in [-0.3, -0.25) is 9.89 Å². The predicted molar refractivity (Wildman–Crippen MR) is 72.2 cm³/mol. The van der Waals surface area contributed by atoms with Crippen LogP contribution in [-0.4, -0.2) is 44.7 Å². The lowest BCUT2D eigenvalue weighted by molar-refractivity contribution is -0.148. The third kappa shape index (κ3) is 2.24. The Morgan fingerprint density at radius 3 is 3.10 bits per heavy atom. The van der Waals surface area contributed by atoms with E-state index in [2.05, 4.69) is 10.2 Å². The van der Waals surface area contributed by atoms with Gasteiger partial charge in [0.2, 0.25) is 5.91 Å². The Hall–Kier alpha value is -2.37. The van der Waals surface area contributed by atoms with Gasteiger partial charge in [0.1, 0.15) is 6.04 Å². The number of carboxylic acid groups (broad SMARTS) is 1. The lowest BCUT2D eigenvalue weighted by Gasteiger charge is -2.21. The predicted octanol–water partition coefficient (Wildman–Crippen LogP) is 1.18. The van der Waals surface area contributed by atoms with Crippen LogP contribution in [0.1, 0.15) is 18.4 Å². The smallest absolute Gasteiger partial charge is 0.326 e. The van der Waals surface area contributed by atoms with Crippen LogP contribution in [0.2, 0.25) is 0 Å². The highest BCUT2D eigenvalue weighted by atomic mass is 16.4. The van der Waals surface area contributed by atoms with Gasteiger partial charge in [0, 0.05) is 11.9 Å². The molecular weight excluding hydrogens is 258 g/mol. The average molecular weight is 273 g/mol. The van der Waals surface area contributed by atoms with Crippen LogP contribution < -0.4 is 0 Å². The molecular formula is C14H15N3O3. The van der Waals surface area contributed by atoms with E-state index in [0.717, 1.165) is 22.9 Å². The zero-order valence-corrected chi connectivity index (χ0v) is 10.9. The van der Waals surface area contributed by atoms with Crippen molar-refractivity contribution in [1.82, 2.24) is 15.1 Å². The molecule has 1 aliphatic heterocycles. The number of H-pyrrole nitrogens is 1. The zero-order chi connectivity index (χ0) is 14.1. The van der Waals surface area contributed by atoms with Crippen LogP contribution in [0, 0.1) is 0 Å².